The summed E-state index contributed by atoms with van der Waals surface area (Å²) in [5.41, 5.74) is 3.38. The quantitative estimate of drug-likeness (QED) is 0.328. The Bertz CT molecular complexity index is 1390. The zero-order chi connectivity index (χ0) is 24.7. The molecule has 8 nitrogen and oxygen atoms in total. The lowest BCUT2D eigenvalue weighted by Gasteiger charge is -2.14. The smallest absolute Gasteiger partial charge is 0.319 e. The number of pyridine rings is 1. The molecule has 0 unspecified atom stereocenters. The van der Waals surface area contributed by atoms with Crippen molar-refractivity contribution in [3.8, 4) is 16.9 Å². The van der Waals surface area contributed by atoms with Gasteiger partial charge in [0, 0.05) is 30.3 Å². The number of hydrogen-bond acceptors (Lipinski definition) is 5. The van der Waals surface area contributed by atoms with Gasteiger partial charge in [0.1, 0.15) is 10.6 Å². The average Bonchev–Trinajstić information content (AvgIpc) is 2.89. The molecule has 2 amide bonds. The second kappa shape index (κ2) is 10.7. The van der Waals surface area contributed by atoms with Crippen molar-refractivity contribution in [3.05, 3.63) is 103 Å². The normalized spacial score (nSPS) is 10.9. The lowest BCUT2D eigenvalue weighted by molar-refractivity contribution is 0.251. The Morgan fingerprint density at radius 2 is 1.63 bits per heavy atom. The van der Waals surface area contributed by atoms with Crippen LogP contribution in [0.4, 0.5) is 16.2 Å². The van der Waals surface area contributed by atoms with Crippen LogP contribution in [0.15, 0.2) is 102 Å². The van der Waals surface area contributed by atoms with E-state index in [0.717, 1.165) is 16.7 Å². The van der Waals surface area contributed by atoms with E-state index in [1.165, 1.54) is 7.11 Å². The number of carbonyl (C=O) groups is 1. The van der Waals surface area contributed by atoms with Crippen LogP contribution >= 0.6 is 0 Å². The molecule has 1 heterocycles. The summed E-state index contributed by atoms with van der Waals surface area (Å²) < 4.78 is 34.2. The van der Waals surface area contributed by atoms with Crippen LogP contribution in [0.3, 0.4) is 0 Å². The number of aromatic nitrogens is 1. The van der Waals surface area contributed by atoms with E-state index in [1.54, 1.807) is 54.9 Å². The summed E-state index contributed by atoms with van der Waals surface area (Å²) in [6.45, 7) is 0.335. The molecular weight excluding hydrogens is 464 g/mol. The number of ether oxygens (including phenoxy) is 1. The summed E-state index contributed by atoms with van der Waals surface area (Å²) in [7, 11) is -2.52. The van der Waals surface area contributed by atoms with Crippen molar-refractivity contribution < 1.29 is 17.9 Å². The molecule has 35 heavy (non-hydrogen) atoms. The second-order valence-corrected chi connectivity index (χ2v) is 9.23. The molecule has 0 saturated carbocycles. The fraction of sp³-hybridized carbons (Fsp3) is 0.0769. The highest BCUT2D eigenvalue weighted by Gasteiger charge is 2.21. The summed E-state index contributed by atoms with van der Waals surface area (Å²) in [5, 5.41) is 5.45. The minimum Gasteiger partial charge on any atom is -0.495 e. The predicted octanol–water partition coefficient (Wildman–Crippen LogP) is 4.88. The Morgan fingerprint density at radius 1 is 0.886 bits per heavy atom. The van der Waals surface area contributed by atoms with Crippen molar-refractivity contribution in [1.29, 1.82) is 0 Å². The Kier molecular flexibility index (Phi) is 7.27. The van der Waals surface area contributed by atoms with Crippen LogP contribution in [0.2, 0.25) is 0 Å². The first-order chi connectivity index (χ1) is 16.9. The number of urea groups is 1. The molecule has 4 aromatic rings. The molecule has 0 fully saturated rings. The lowest BCUT2D eigenvalue weighted by Crippen LogP contribution is -2.28. The van der Waals surface area contributed by atoms with Crippen molar-refractivity contribution in [2.75, 3.05) is 17.1 Å². The first-order valence-electron chi connectivity index (χ1n) is 10.7. The number of benzene rings is 3. The standard InChI is InChI=1S/C26H24N4O4S/c1-34-24-14-9-21(20-7-3-2-4-8-20)16-25(24)35(32,33)30-23-12-10-22(11-13-23)29-26(31)28-18-19-6-5-15-27-17-19/h2-17,30H,18H2,1H3,(H2,28,29,31). The van der Waals surface area contributed by atoms with Gasteiger partial charge in [-0.25, -0.2) is 13.2 Å². The molecule has 3 N–H and O–H groups in total. The minimum atomic E-state index is -3.94. The maximum Gasteiger partial charge on any atom is 0.319 e. The Hall–Kier alpha value is -4.37. The number of hydrogen-bond donors (Lipinski definition) is 3. The zero-order valence-corrected chi connectivity index (χ0v) is 19.7. The van der Waals surface area contributed by atoms with Gasteiger partial charge in [-0.1, -0.05) is 42.5 Å². The van der Waals surface area contributed by atoms with Gasteiger partial charge >= 0.3 is 6.03 Å². The van der Waals surface area contributed by atoms with Crippen LogP contribution < -0.4 is 20.1 Å². The summed E-state index contributed by atoms with van der Waals surface area (Å²) in [6.07, 6.45) is 3.33. The number of nitrogens with zero attached hydrogens (tertiary/aromatic N) is 1. The Balaban J connectivity index is 1.44. The maximum atomic E-state index is 13.2. The molecule has 0 spiro atoms. The third-order valence-corrected chi connectivity index (χ3v) is 6.53. The van der Waals surface area contributed by atoms with E-state index in [-0.39, 0.29) is 16.7 Å². The van der Waals surface area contributed by atoms with Crippen molar-refractivity contribution in [2.45, 2.75) is 11.4 Å². The van der Waals surface area contributed by atoms with E-state index in [1.807, 2.05) is 42.5 Å². The molecule has 0 aliphatic carbocycles. The molecule has 0 aliphatic heterocycles. The second-order valence-electron chi connectivity index (χ2n) is 7.58. The molecule has 3 aromatic carbocycles. The van der Waals surface area contributed by atoms with Crippen molar-refractivity contribution in [2.24, 2.45) is 0 Å². The monoisotopic (exact) mass is 488 g/mol. The van der Waals surface area contributed by atoms with Gasteiger partial charge in [-0.15, -0.1) is 0 Å². The van der Waals surface area contributed by atoms with Crippen LogP contribution in [-0.2, 0) is 16.6 Å². The van der Waals surface area contributed by atoms with Gasteiger partial charge in [0.25, 0.3) is 10.0 Å². The molecule has 0 bridgehead atoms. The molecule has 4 rings (SSSR count). The number of methoxy groups -OCH3 is 1. The molecule has 0 atom stereocenters. The van der Waals surface area contributed by atoms with E-state index in [4.69, 9.17) is 4.74 Å². The Morgan fingerprint density at radius 3 is 2.31 bits per heavy atom. The van der Waals surface area contributed by atoms with Gasteiger partial charge in [-0.3, -0.25) is 9.71 Å². The number of anilines is 2. The highest BCUT2D eigenvalue weighted by molar-refractivity contribution is 7.92. The SMILES string of the molecule is COc1ccc(-c2ccccc2)cc1S(=O)(=O)Nc1ccc(NC(=O)NCc2cccnc2)cc1. The third kappa shape index (κ3) is 6.15. The topological polar surface area (TPSA) is 109 Å². The van der Waals surface area contributed by atoms with Crippen LogP contribution in [0.5, 0.6) is 5.75 Å². The van der Waals surface area contributed by atoms with E-state index < -0.39 is 10.0 Å². The number of sulfonamides is 1. The van der Waals surface area contributed by atoms with E-state index in [0.29, 0.717) is 17.9 Å². The molecule has 9 heteroatoms. The first-order valence-corrected chi connectivity index (χ1v) is 12.2. The van der Waals surface area contributed by atoms with E-state index >= 15 is 0 Å². The summed E-state index contributed by atoms with van der Waals surface area (Å²) in [6, 6.07) is 24.2. The largest absolute Gasteiger partial charge is 0.495 e. The van der Waals surface area contributed by atoms with Gasteiger partial charge in [0.15, 0.2) is 0 Å². The highest BCUT2D eigenvalue weighted by Crippen LogP contribution is 2.31. The van der Waals surface area contributed by atoms with Crippen molar-refractivity contribution in [3.63, 3.8) is 0 Å². The van der Waals surface area contributed by atoms with Crippen molar-refractivity contribution in [1.82, 2.24) is 10.3 Å². The highest BCUT2D eigenvalue weighted by atomic mass is 32.2. The van der Waals surface area contributed by atoms with Gasteiger partial charge < -0.3 is 15.4 Å². The summed E-state index contributed by atoms with van der Waals surface area (Å²) in [5.74, 6) is 0.237. The summed E-state index contributed by atoms with van der Waals surface area (Å²) >= 11 is 0. The van der Waals surface area contributed by atoms with Crippen LogP contribution in [0.1, 0.15) is 5.56 Å². The number of amides is 2. The van der Waals surface area contributed by atoms with Crippen LogP contribution in [0.25, 0.3) is 11.1 Å². The maximum absolute atomic E-state index is 13.2. The first kappa shape index (κ1) is 23.8. The van der Waals surface area contributed by atoms with Gasteiger partial charge in [0.2, 0.25) is 0 Å². The lowest BCUT2D eigenvalue weighted by atomic mass is 10.1. The molecular formula is C26H24N4O4S. The van der Waals surface area contributed by atoms with Gasteiger partial charge in [-0.2, -0.15) is 0 Å². The summed E-state index contributed by atoms with van der Waals surface area (Å²) in [4.78, 5) is 16.2. The fourth-order valence-corrected chi connectivity index (χ4v) is 4.64. The van der Waals surface area contributed by atoms with Crippen LogP contribution in [0, 0.1) is 0 Å². The van der Waals surface area contributed by atoms with Crippen molar-refractivity contribution >= 4 is 27.4 Å². The number of nitrogens with one attached hydrogen (secondary N) is 3. The number of rotatable bonds is 8. The molecule has 0 aliphatic rings. The third-order valence-electron chi connectivity index (χ3n) is 5.13. The van der Waals surface area contributed by atoms with Gasteiger partial charge in [0.05, 0.1) is 7.11 Å². The van der Waals surface area contributed by atoms with Gasteiger partial charge in [-0.05, 0) is 59.2 Å². The fourth-order valence-electron chi connectivity index (χ4n) is 3.39. The zero-order valence-electron chi connectivity index (χ0n) is 18.9. The molecule has 0 radical (unpaired) electrons. The number of carbonyl (C=O) groups excluding carboxylic acids is 1. The predicted molar refractivity (Wildman–Crippen MR) is 136 cm³/mol. The van der Waals surface area contributed by atoms with Crippen LogP contribution in [-0.4, -0.2) is 26.5 Å². The Labute approximate surface area is 204 Å². The van der Waals surface area contributed by atoms with E-state index in [9.17, 15) is 13.2 Å². The van der Waals surface area contributed by atoms with E-state index in [2.05, 4.69) is 20.3 Å². The minimum absolute atomic E-state index is 0.0262. The molecule has 1 aromatic heterocycles. The molecule has 178 valence electrons. The average molecular weight is 489 g/mol. The molecule has 0 saturated heterocycles.